The second kappa shape index (κ2) is 5.77. The van der Waals surface area contributed by atoms with Crippen LogP contribution < -0.4 is 4.72 Å². The van der Waals surface area contributed by atoms with Crippen molar-refractivity contribution in [3.8, 4) is 0 Å². The van der Waals surface area contributed by atoms with E-state index in [1.165, 1.54) is 12.1 Å². The average Bonchev–Trinajstić information content (AvgIpc) is 2.36. The van der Waals surface area contributed by atoms with Gasteiger partial charge in [0, 0.05) is 6.20 Å². The highest BCUT2D eigenvalue weighted by atomic mass is 35.5. The van der Waals surface area contributed by atoms with Crippen LogP contribution in [0.4, 0.5) is 5.82 Å². The lowest BCUT2D eigenvalue weighted by atomic mass is 10.3. The predicted octanol–water partition coefficient (Wildman–Crippen LogP) is 4.15. The molecule has 4 nitrogen and oxygen atoms in total. The van der Waals surface area contributed by atoms with E-state index in [4.69, 9.17) is 34.8 Å². The number of pyridine rings is 1. The van der Waals surface area contributed by atoms with E-state index in [0.717, 1.165) is 5.56 Å². The summed E-state index contributed by atoms with van der Waals surface area (Å²) in [7, 11) is -3.88. The molecule has 0 fully saturated rings. The summed E-state index contributed by atoms with van der Waals surface area (Å²) >= 11 is 17.5. The first-order valence-corrected chi connectivity index (χ1v) is 8.01. The minimum atomic E-state index is -3.88. The first-order valence-electron chi connectivity index (χ1n) is 5.39. The lowest BCUT2D eigenvalue weighted by Crippen LogP contribution is -2.14. The molecule has 0 aliphatic rings. The van der Waals surface area contributed by atoms with Crippen LogP contribution in [0.15, 0.2) is 35.4 Å². The number of nitrogens with one attached hydrogen (secondary N) is 1. The molecule has 0 saturated carbocycles. The van der Waals surface area contributed by atoms with Gasteiger partial charge in [-0.15, -0.1) is 0 Å². The molecule has 8 heteroatoms. The van der Waals surface area contributed by atoms with Gasteiger partial charge in [0.25, 0.3) is 10.0 Å². The normalized spacial score (nSPS) is 11.4. The average molecular weight is 352 g/mol. The Labute approximate surface area is 131 Å². The van der Waals surface area contributed by atoms with Crippen molar-refractivity contribution in [2.24, 2.45) is 0 Å². The molecular weight excluding hydrogens is 343 g/mol. The number of aryl methyl sites for hydroxylation is 1. The van der Waals surface area contributed by atoms with E-state index in [0.29, 0.717) is 0 Å². The summed E-state index contributed by atoms with van der Waals surface area (Å²) in [5.41, 5.74) is 0.917. The van der Waals surface area contributed by atoms with Crippen molar-refractivity contribution in [3.63, 3.8) is 0 Å². The van der Waals surface area contributed by atoms with E-state index in [1.54, 1.807) is 18.3 Å². The minimum absolute atomic E-state index is 0.0148. The van der Waals surface area contributed by atoms with E-state index >= 15 is 0 Å². The largest absolute Gasteiger partial charge is 0.264 e. The molecule has 2 rings (SSSR count). The maximum Gasteiger partial charge on any atom is 0.264 e. The van der Waals surface area contributed by atoms with Crippen LogP contribution in [0.5, 0.6) is 0 Å². The molecule has 0 amide bonds. The van der Waals surface area contributed by atoms with Crippen molar-refractivity contribution in [2.45, 2.75) is 11.8 Å². The number of rotatable bonds is 3. The molecule has 1 heterocycles. The zero-order valence-corrected chi connectivity index (χ0v) is 13.3. The van der Waals surface area contributed by atoms with E-state index in [-0.39, 0.29) is 25.8 Å². The van der Waals surface area contributed by atoms with Crippen LogP contribution in [0.1, 0.15) is 5.56 Å². The van der Waals surface area contributed by atoms with E-state index in [1.807, 2.05) is 6.92 Å². The zero-order valence-electron chi connectivity index (χ0n) is 10.2. The van der Waals surface area contributed by atoms with Gasteiger partial charge in [-0.3, -0.25) is 4.72 Å². The predicted molar refractivity (Wildman–Crippen MR) is 81.3 cm³/mol. The Morgan fingerprint density at radius 3 is 2.30 bits per heavy atom. The topological polar surface area (TPSA) is 59.1 Å². The highest BCUT2D eigenvalue weighted by molar-refractivity contribution is 7.92. The van der Waals surface area contributed by atoms with Gasteiger partial charge in [0.05, 0.1) is 15.1 Å². The van der Waals surface area contributed by atoms with Crippen LogP contribution in [0.3, 0.4) is 0 Å². The van der Waals surface area contributed by atoms with Crippen molar-refractivity contribution in [2.75, 3.05) is 4.72 Å². The summed E-state index contributed by atoms with van der Waals surface area (Å²) in [6.45, 7) is 1.85. The van der Waals surface area contributed by atoms with Crippen molar-refractivity contribution in [1.82, 2.24) is 4.98 Å². The molecule has 2 aromatic rings. The second-order valence-electron chi connectivity index (χ2n) is 4.02. The molecule has 1 aromatic heterocycles. The molecular formula is C12H9Cl3N2O2S. The number of nitrogens with zero attached hydrogens (tertiary/aromatic N) is 1. The summed E-state index contributed by atoms with van der Waals surface area (Å²) in [5, 5.41) is 0.274. The van der Waals surface area contributed by atoms with E-state index in [2.05, 4.69) is 9.71 Å². The van der Waals surface area contributed by atoms with Crippen LogP contribution >= 0.6 is 34.8 Å². The van der Waals surface area contributed by atoms with Crippen LogP contribution in [0.2, 0.25) is 15.1 Å². The molecule has 1 N–H and O–H groups in total. The maximum atomic E-state index is 12.2. The number of sulfonamides is 1. The summed E-state index contributed by atoms with van der Waals surface area (Å²) in [5.74, 6) is 0.192. The Morgan fingerprint density at radius 2 is 1.70 bits per heavy atom. The lowest BCUT2D eigenvalue weighted by molar-refractivity contribution is 0.601. The molecule has 0 unspecified atom stereocenters. The van der Waals surface area contributed by atoms with Gasteiger partial charge in [-0.1, -0.05) is 40.9 Å². The SMILES string of the molecule is Cc1ccc(NS(=O)(=O)c2cc(Cl)c(Cl)cc2Cl)nc1. The van der Waals surface area contributed by atoms with Gasteiger partial charge in [0.2, 0.25) is 0 Å². The molecule has 106 valence electrons. The van der Waals surface area contributed by atoms with Crippen molar-refractivity contribution in [1.29, 1.82) is 0 Å². The van der Waals surface area contributed by atoms with Gasteiger partial charge in [0.1, 0.15) is 10.7 Å². The fraction of sp³-hybridized carbons (Fsp3) is 0.0833. The van der Waals surface area contributed by atoms with Gasteiger partial charge in [0.15, 0.2) is 0 Å². The molecule has 20 heavy (non-hydrogen) atoms. The van der Waals surface area contributed by atoms with Crippen molar-refractivity contribution < 1.29 is 8.42 Å². The van der Waals surface area contributed by atoms with Crippen molar-refractivity contribution >= 4 is 50.6 Å². The highest BCUT2D eigenvalue weighted by Crippen LogP contribution is 2.32. The fourth-order valence-corrected chi connectivity index (χ4v) is 3.44. The zero-order chi connectivity index (χ0) is 14.9. The number of halogens is 3. The van der Waals surface area contributed by atoms with Crippen LogP contribution in [-0.4, -0.2) is 13.4 Å². The summed E-state index contributed by atoms with van der Waals surface area (Å²) in [6.07, 6.45) is 1.55. The summed E-state index contributed by atoms with van der Waals surface area (Å²) in [6, 6.07) is 5.77. The Balaban J connectivity index is 2.40. The third kappa shape index (κ3) is 3.35. The lowest BCUT2D eigenvalue weighted by Gasteiger charge is -2.10. The smallest absolute Gasteiger partial charge is 0.263 e. The molecule has 0 aliphatic heterocycles. The first kappa shape index (κ1) is 15.4. The number of aromatic nitrogens is 1. The second-order valence-corrected chi connectivity index (χ2v) is 6.90. The standard InChI is InChI=1S/C12H9Cl3N2O2S/c1-7-2-3-12(16-6-7)17-20(18,19)11-5-9(14)8(13)4-10(11)15/h2-6H,1H3,(H,16,17). The van der Waals surface area contributed by atoms with E-state index in [9.17, 15) is 8.42 Å². The van der Waals surface area contributed by atoms with Gasteiger partial charge < -0.3 is 0 Å². The van der Waals surface area contributed by atoms with Gasteiger partial charge >= 0.3 is 0 Å². The number of hydrogen-bond acceptors (Lipinski definition) is 3. The summed E-state index contributed by atoms with van der Waals surface area (Å²) in [4.78, 5) is 3.81. The molecule has 0 spiro atoms. The van der Waals surface area contributed by atoms with Gasteiger partial charge in [-0.2, -0.15) is 0 Å². The van der Waals surface area contributed by atoms with Crippen molar-refractivity contribution in [3.05, 3.63) is 51.1 Å². The first-order chi connectivity index (χ1) is 9.29. The third-order valence-corrected chi connectivity index (χ3v) is 4.96. The summed E-state index contributed by atoms with van der Waals surface area (Å²) < 4.78 is 26.8. The minimum Gasteiger partial charge on any atom is -0.263 e. The van der Waals surface area contributed by atoms with Gasteiger partial charge in [-0.05, 0) is 30.7 Å². The molecule has 0 aliphatic carbocycles. The highest BCUT2D eigenvalue weighted by Gasteiger charge is 2.20. The molecule has 0 radical (unpaired) electrons. The van der Waals surface area contributed by atoms with Crippen LogP contribution in [-0.2, 0) is 10.0 Å². The fourth-order valence-electron chi connectivity index (χ4n) is 1.43. The number of benzene rings is 1. The van der Waals surface area contributed by atoms with Crippen LogP contribution in [0.25, 0.3) is 0 Å². The Hall–Kier alpha value is -1.01. The van der Waals surface area contributed by atoms with Crippen LogP contribution in [0, 0.1) is 6.92 Å². The maximum absolute atomic E-state index is 12.2. The monoisotopic (exact) mass is 350 g/mol. The van der Waals surface area contributed by atoms with E-state index < -0.39 is 10.0 Å². The Kier molecular flexibility index (Phi) is 4.44. The molecule has 0 bridgehead atoms. The number of hydrogen-bond donors (Lipinski definition) is 1. The third-order valence-electron chi connectivity index (χ3n) is 2.41. The molecule has 0 saturated heterocycles. The number of anilines is 1. The Morgan fingerprint density at radius 1 is 1.05 bits per heavy atom. The molecule has 1 aromatic carbocycles. The molecule has 0 atom stereocenters. The Bertz CT molecular complexity index is 746. The quantitative estimate of drug-likeness (QED) is 0.845. The van der Waals surface area contributed by atoms with Gasteiger partial charge in [-0.25, -0.2) is 13.4 Å².